The summed E-state index contributed by atoms with van der Waals surface area (Å²) in [4.78, 5) is 0. The predicted molar refractivity (Wildman–Crippen MR) is 45.4 cm³/mol. The fourth-order valence-electron chi connectivity index (χ4n) is 0.403. The van der Waals surface area contributed by atoms with Crippen LogP contribution in [0, 0.1) is 0 Å². The summed E-state index contributed by atoms with van der Waals surface area (Å²) < 4.78 is 0.708. The van der Waals surface area contributed by atoms with Crippen LogP contribution in [0.5, 0.6) is 0 Å². The fraction of sp³-hybridized carbons (Fsp3) is 1.00. The first-order valence-electron chi connectivity index (χ1n) is 2.82. The van der Waals surface area contributed by atoms with Crippen molar-refractivity contribution in [1.82, 2.24) is 5.32 Å². The van der Waals surface area contributed by atoms with Crippen molar-refractivity contribution in [3.63, 3.8) is 0 Å². The number of halogens is 1. The molecule has 0 rings (SSSR count). The van der Waals surface area contributed by atoms with Gasteiger partial charge in [0, 0.05) is 23.6 Å². The molecule has 0 aromatic heterocycles. The lowest BCUT2D eigenvalue weighted by atomic mass is 10.5. The molecule has 1 atom stereocenters. The molecule has 0 aromatic rings. The van der Waals surface area contributed by atoms with Crippen LogP contribution in [-0.2, 0) is 0 Å². The van der Waals surface area contributed by atoms with Crippen LogP contribution in [0.1, 0.15) is 6.92 Å². The second-order valence-electron chi connectivity index (χ2n) is 1.77. The van der Waals surface area contributed by atoms with Crippen LogP contribution >= 0.6 is 22.6 Å². The molecule has 0 spiro atoms. The second kappa shape index (κ2) is 5.78. The Morgan fingerprint density at radius 2 is 2.38 bits per heavy atom. The van der Waals surface area contributed by atoms with Gasteiger partial charge in [-0.1, -0.05) is 29.5 Å². The first-order chi connectivity index (χ1) is 3.77. The first-order valence-corrected chi connectivity index (χ1v) is 4.06. The van der Waals surface area contributed by atoms with Crippen LogP contribution in [0.3, 0.4) is 0 Å². The maximum absolute atomic E-state index is 5.25. The lowest BCUT2D eigenvalue weighted by molar-refractivity contribution is 0.695. The average molecular weight is 228 g/mol. The molecule has 0 saturated carbocycles. The zero-order valence-electron chi connectivity index (χ0n) is 5.15. The van der Waals surface area contributed by atoms with Crippen molar-refractivity contribution in [3.8, 4) is 0 Å². The largest absolute Gasteiger partial charge is 0.329 e. The molecule has 0 aliphatic heterocycles. The molecule has 0 bridgehead atoms. The van der Waals surface area contributed by atoms with E-state index in [0.29, 0.717) is 3.92 Å². The minimum absolute atomic E-state index is 0.708. The van der Waals surface area contributed by atoms with Gasteiger partial charge in [-0.3, -0.25) is 0 Å². The van der Waals surface area contributed by atoms with E-state index < -0.39 is 0 Å². The summed E-state index contributed by atoms with van der Waals surface area (Å²) in [5.41, 5.74) is 5.25. The summed E-state index contributed by atoms with van der Waals surface area (Å²) in [7, 11) is 0. The van der Waals surface area contributed by atoms with Gasteiger partial charge < -0.3 is 11.1 Å². The fourth-order valence-corrected chi connectivity index (χ4v) is 0.714. The van der Waals surface area contributed by atoms with Crippen molar-refractivity contribution >= 4 is 22.6 Å². The minimum atomic E-state index is 0.708. The molecule has 2 nitrogen and oxygen atoms in total. The highest BCUT2D eigenvalue weighted by Crippen LogP contribution is 1.93. The second-order valence-corrected chi connectivity index (χ2v) is 3.90. The summed E-state index contributed by atoms with van der Waals surface area (Å²) >= 11 is 2.38. The summed E-state index contributed by atoms with van der Waals surface area (Å²) in [6.07, 6.45) is 0. The standard InChI is InChI=1S/C5H13IN2/c1-5(6)4-8-3-2-7/h5,8H,2-4,7H2,1H3. The molecular formula is C5H13IN2. The Morgan fingerprint density at radius 1 is 1.75 bits per heavy atom. The van der Waals surface area contributed by atoms with E-state index in [0.717, 1.165) is 19.6 Å². The Kier molecular flexibility index (Phi) is 6.25. The van der Waals surface area contributed by atoms with E-state index in [1.807, 2.05) is 0 Å². The lowest BCUT2D eigenvalue weighted by Gasteiger charge is -2.02. The van der Waals surface area contributed by atoms with Crippen molar-refractivity contribution in [2.24, 2.45) is 5.73 Å². The zero-order valence-corrected chi connectivity index (χ0v) is 7.31. The van der Waals surface area contributed by atoms with Gasteiger partial charge in [-0.2, -0.15) is 0 Å². The van der Waals surface area contributed by atoms with Gasteiger partial charge >= 0.3 is 0 Å². The van der Waals surface area contributed by atoms with E-state index in [4.69, 9.17) is 5.73 Å². The Labute approximate surface area is 64.4 Å². The van der Waals surface area contributed by atoms with Crippen LogP contribution in [-0.4, -0.2) is 23.6 Å². The molecule has 0 fully saturated rings. The van der Waals surface area contributed by atoms with Gasteiger partial charge in [-0.25, -0.2) is 0 Å². The molecule has 1 unspecified atom stereocenters. The van der Waals surface area contributed by atoms with Gasteiger partial charge in [0.2, 0.25) is 0 Å². The molecule has 0 radical (unpaired) electrons. The highest BCUT2D eigenvalue weighted by Gasteiger charge is 1.90. The van der Waals surface area contributed by atoms with Gasteiger partial charge in [-0.15, -0.1) is 0 Å². The lowest BCUT2D eigenvalue weighted by Crippen LogP contribution is -2.26. The molecule has 3 N–H and O–H groups in total. The molecule has 0 heterocycles. The summed E-state index contributed by atoms with van der Waals surface area (Å²) in [6.45, 7) is 4.92. The van der Waals surface area contributed by atoms with Crippen molar-refractivity contribution in [1.29, 1.82) is 0 Å². The normalized spacial score (nSPS) is 13.9. The van der Waals surface area contributed by atoms with E-state index in [1.54, 1.807) is 0 Å². The van der Waals surface area contributed by atoms with E-state index in [9.17, 15) is 0 Å². The number of nitrogens with one attached hydrogen (secondary N) is 1. The molecule has 0 aliphatic rings. The molecular weight excluding hydrogens is 215 g/mol. The van der Waals surface area contributed by atoms with E-state index in [2.05, 4.69) is 34.8 Å². The number of alkyl halides is 1. The molecule has 0 amide bonds. The Bertz CT molecular complexity index is 47.7. The first kappa shape index (κ1) is 8.65. The SMILES string of the molecule is CC(I)CNCCN. The predicted octanol–water partition coefficient (Wildman–Crippen LogP) is 0.358. The highest BCUT2D eigenvalue weighted by molar-refractivity contribution is 14.1. The third-order valence-corrected chi connectivity index (χ3v) is 1.19. The van der Waals surface area contributed by atoms with Crippen LogP contribution in [0.2, 0.25) is 0 Å². The monoisotopic (exact) mass is 228 g/mol. The molecule has 8 heavy (non-hydrogen) atoms. The molecule has 0 aliphatic carbocycles. The van der Waals surface area contributed by atoms with E-state index in [-0.39, 0.29) is 0 Å². The van der Waals surface area contributed by atoms with Gasteiger partial charge in [0.25, 0.3) is 0 Å². The number of hydrogen-bond donors (Lipinski definition) is 2. The molecule has 0 saturated heterocycles. The van der Waals surface area contributed by atoms with Gasteiger partial charge in [0.05, 0.1) is 0 Å². The maximum Gasteiger partial charge on any atom is 0.0206 e. The molecule has 0 aromatic carbocycles. The average Bonchev–Trinajstić information content (AvgIpc) is 1.66. The number of hydrogen-bond acceptors (Lipinski definition) is 2. The quantitative estimate of drug-likeness (QED) is 0.414. The van der Waals surface area contributed by atoms with Gasteiger partial charge in [0.1, 0.15) is 0 Å². The van der Waals surface area contributed by atoms with Gasteiger partial charge in [-0.05, 0) is 0 Å². The van der Waals surface area contributed by atoms with Crippen LogP contribution in [0.25, 0.3) is 0 Å². The summed E-state index contributed by atoms with van der Waals surface area (Å²) in [5.74, 6) is 0. The summed E-state index contributed by atoms with van der Waals surface area (Å²) in [6, 6.07) is 0. The Balaban J connectivity index is 2.72. The third-order valence-electron chi connectivity index (χ3n) is 0.747. The highest BCUT2D eigenvalue weighted by atomic mass is 127. The smallest absolute Gasteiger partial charge is 0.0206 e. The number of nitrogens with two attached hydrogens (primary N) is 1. The topological polar surface area (TPSA) is 38.0 Å². The van der Waals surface area contributed by atoms with Crippen molar-refractivity contribution in [2.45, 2.75) is 10.8 Å². The van der Waals surface area contributed by atoms with Crippen LogP contribution in [0.15, 0.2) is 0 Å². The van der Waals surface area contributed by atoms with Crippen molar-refractivity contribution in [3.05, 3.63) is 0 Å². The Hall–Kier alpha value is 0.650. The van der Waals surface area contributed by atoms with Crippen molar-refractivity contribution in [2.75, 3.05) is 19.6 Å². The van der Waals surface area contributed by atoms with Crippen LogP contribution < -0.4 is 11.1 Å². The maximum atomic E-state index is 5.25. The Morgan fingerprint density at radius 3 is 2.75 bits per heavy atom. The molecule has 3 heteroatoms. The molecule has 50 valence electrons. The van der Waals surface area contributed by atoms with E-state index in [1.165, 1.54) is 0 Å². The zero-order chi connectivity index (χ0) is 6.41. The summed E-state index contributed by atoms with van der Waals surface area (Å²) in [5, 5.41) is 3.20. The van der Waals surface area contributed by atoms with Crippen molar-refractivity contribution < 1.29 is 0 Å². The van der Waals surface area contributed by atoms with Crippen LogP contribution in [0.4, 0.5) is 0 Å². The minimum Gasteiger partial charge on any atom is -0.329 e. The third kappa shape index (κ3) is 6.65. The van der Waals surface area contributed by atoms with E-state index >= 15 is 0 Å². The number of rotatable bonds is 4. The van der Waals surface area contributed by atoms with Gasteiger partial charge in [0.15, 0.2) is 0 Å².